The third kappa shape index (κ3) is 3.32. The SMILES string of the molecule is COc1ccc(NC(=O)c2ccc(Cl)cc2Br)cc1C. The molecule has 0 saturated carbocycles. The fourth-order valence-corrected chi connectivity index (χ4v) is 2.69. The van der Waals surface area contributed by atoms with Gasteiger partial charge in [-0.1, -0.05) is 11.6 Å². The molecule has 0 fully saturated rings. The van der Waals surface area contributed by atoms with Gasteiger partial charge in [0.05, 0.1) is 12.7 Å². The molecule has 0 bridgehead atoms. The minimum Gasteiger partial charge on any atom is -0.496 e. The lowest BCUT2D eigenvalue weighted by Crippen LogP contribution is -2.12. The van der Waals surface area contributed by atoms with Gasteiger partial charge in [0.2, 0.25) is 0 Å². The molecule has 0 aliphatic carbocycles. The van der Waals surface area contributed by atoms with Crippen LogP contribution in [0.25, 0.3) is 0 Å². The Balaban J connectivity index is 2.21. The number of benzene rings is 2. The molecule has 0 radical (unpaired) electrons. The number of hydrogen-bond donors (Lipinski definition) is 1. The Morgan fingerprint density at radius 3 is 2.60 bits per heavy atom. The highest BCUT2D eigenvalue weighted by Crippen LogP contribution is 2.24. The summed E-state index contributed by atoms with van der Waals surface area (Å²) in [6.45, 7) is 1.92. The number of nitrogens with one attached hydrogen (secondary N) is 1. The molecule has 104 valence electrons. The Kier molecular flexibility index (Phi) is 4.68. The molecule has 2 aromatic carbocycles. The van der Waals surface area contributed by atoms with E-state index in [-0.39, 0.29) is 5.91 Å². The third-order valence-corrected chi connectivity index (χ3v) is 3.72. The summed E-state index contributed by atoms with van der Waals surface area (Å²) in [5.74, 6) is 0.591. The van der Waals surface area contributed by atoms with Crippen molar-refractivity contribution in [2.45, 2.75) is 6.92 Å². The average Bonchev–Trinajstić information content (AvgIpc) is 2.38. The molecule has 2 aromatic rings. The Morgan fingerprint density at radius 1 is 1.25 bits per heavy atom. The first-order valence-electron chi connectivity index (χ1n) is 5.92. The van der Waals surface area contributed by atoms with Crippen LogP contribution in [0.4, 0.5) is 5.69 Å². The zero-order chi connectivity index (χ0) is 14.7. The average molecular weight is 355 g/mol. The van der Waals surface area contributed by atoms with E-state index in [0.717, 1.165) is 17.0 Å². The second kappa shape index (κ2) is 6.29. The molecule has 0 saturated heterocycles. The van der Waals surface area contributed by atoms with E-state index in [1.807, 2.05) is 19.1 Å². The summed E-state index contributed by atoms with van der Waals surface area (Å²) in [7, 11) is 1.62. The summed E-state index contributed by atoms with van der Waals surface area (Å²) in [6.07, 6.45) is 0. The molecule has 0 unspecified atom stereocenters. The van der Waals surface area contributed by atoms with E-state index >= 15 is 0 Å². The lowest BCUT2D eigenvalue weighted by atomic mass is 10.1. The Morgan fingerprint density at radius 2 is 2.00 bits per heavy atom. The lowest BCUT2D eigenvalue weighted by Gasteiger charge is -2.10. The van der Waals surface area contributed by atoms with E-state index in [0.29, 0.717) is 15.1 Å². The minimum absolute atomic E-state index is 0.196. The summed E-state index contributed by atoms with van der Waals surface area (Å²) >= 11 is 9.19. The van der Waals surface area contributed by atoms with Crippen molar-refractivity contribution in [2.24, 2.45) is 0 Å². The first-order valence-corrected chi connectivity index (χ1v) is 7.09. The normalized spacial score (nSPS) is 10.2. The van der Waals surface area contributed by atoms with E-state index in [9.17, 15) is 4.79 Å². The van der Waals surface area contributed by atoms with Gasteiger partial charge in [-0.25, -0.2) is 0 Å². The predicted octanol–water partition coefficient (Wildman–Crippen LogP) is 4.67. The van der Waals surface area contributed by atoms with E-state index in [2.05, 4.69) is 21.2 Å². The Hall–Kier alpha value is -1.52. The first-order chi connectivity index (χ1) is 9.51. The number of methoxy groups -OCH3 is 1. The highest BCUT2D eigenvalue weighted by molar-refractivity contribution is 9.10. The number of halogens is 2. The molecular weight excluding hydrogens is 342 g/mol. The molecule has 0 aliphatic rings. The summed E-state index contributed by atoms with van der Waals surface area (Å²) in [5.41, 5.74) is 2.21. The van der Waals surface area contributed by atoms with Gasteiger partial charge in [-0.3, -0.25) is 4.79 Å². The van der Waals surface area contributed by atoms with Gasteiger partial charge in [0.25, 0.3) is 5.91 Å². The maximum absolute atomic E-state index is 12.2. The summed E-state index contributed by atoms with van der Waals surface area (Å²) in [4.78, 5) is 12.2. The van der Waals surface area contributed by atoms with Gasteiger partial charge in [0, 0.05) is 15.2 Å². The van der Waals surface area contributed by atoms with Crippen molar-refractivity contribution in [3.05, 3.63) is 57.0 Å². The van der Waals surface area contributed by atoms with Crippen LogP contribution in [0, 0.1) is 6.92 Å². The van der Waals surface area contributed by atoms with Gasteiger partial charge in [-0.05, 0) is 64.8 Å². The second-order valence-corrected chi connectivity index (χ2v) is 5.55. The van der Waals surface area contributed by atoms with Gasteiger partial charge >= 0.3 is 0 Å². The van der Waals surface area contributed by atoms with E-state index in [1.54, 1.807) is 31.4 Å². The number of rotatable bonds is 3. The summed E-state index contributed by atoms with van der Waals surface area (Å²) in [6, 6.07) is 10.5. The molecule has 0 spiro atoms. The molecule has 0 heterocycles. The summed E-state index contributed by atoms with van der Waals surface area (Å²) in [5, 5.41) is 3.42. The van der Waals surface area contributed by atoms with Crippen molar-refractivity contribution in [1.29, 1.82) is 0 Å². The molecule has 3 nitrogen and oxygen atoms in total. The van der Waals surface area contributed by atoms with Crippen molar-refractivity contribution < 1.29 is 9.53 Å². The molecular formula is C15H13BrClNO2. The summed E-state index contributed by atoms with van der Waals surface area (Å²) < 4.78 is 5.85. The molecule has 1 amide bonds. The van der Waals surface area contributed by atoms with Crippen molar-refractivity contribution in [3.63, 3.8) is 0 Å². The van der Waals surface area contributed by atoms with Crippen molar-refractivity contribution in [3.8, 4) is 5.75 Å². The number of ether oxygens (including phenoxy) is 1. The number of carbonyl (C=O) groups excluding carboxylic acids is 1. The number of anilines is 1. The van der Waals surface area contributed by atoms with Crippen LogP contribution in [0.15, 0.2) is 40.9 Å². The van der Waals surface area contributed by atoms with Crippen LogP contribution in [-0.4, -0.2) is 13.0 Å². The first kappa shape index (κ1) is 14.9. The highest BCUT2D eigenvalue weighted by Gasteiger charge is 2.11. The predicted molar refractivity (Wildman–Crippen MR) is 84.8 cm³/mol. The van der Waals surface area contributed by atoms with E-state index in [1.165, 1.54) is 0 Å². The van der Waals surface area contributed by atoms with Crippen molar-refractivity contribution >= 4 is 39.1 Å². The lowest BCUT2D eigenvalue weighted by molar-refractivity contribution is 0.102. The van der Waals surface area contributed by atoms with Crippen LogP contribution in [0.2, 0.25) is 5.02 Å². The Labute approximate surface area is 131 Å². The fraction of sp³-hybridized carbons (Fsp3) is 0.133. The maximum atomic E-state index is 12.2. The van der Waals surface area contributed by atoms with Gasteiger partial charge in [0.15, 0.2) is 0 Å². The highest BCUT2D eigenvalue weighted by atomic mass is 79.9. The van der Waals surface area contributed by atoms with Crippen LogP contribution in [0.3, 0.4) is 0 Å². The van der Waals surface area contributed by atoms with Gasteiger partial charge in [0.1, 0.15) is 5.75 Å². The number of carbonyl (C=O) groups is 1. The smallest absolute Gasteiger partial charge is 0.256 e. The third-order valence-electron chi connectivity index (χ3n) is 2.83. The fourth-order valence-electron chi connectivity index (χ4n) is 1.83. The molecule has 20 heavy (non-hydrogen) atoms. The monoisotopic (exact) mass is 353 g/mol. The van der Waals surface area contributed by atoms with E-state index < -0.39 is 0 Å². The van der Waals surface area contributed by atoms with Gasteiger partial charge in [-0.2, -0.15) is 0 Å². The largest absolute Gasteiger partial charge is 0.496 e. The topological polar surface area (TPSA) is 38.3 Å². The standard InChI is InChI=1S/C15H13BrClNO2/c1-9-7-11(4-6-14(9)20-2)18-15(19)12-5-3-10(17)8-13(12)16/h3-8H,1-2H3,(H,18,19). The van der Waals surface area contributed by atoms with Gasteiger partial charge in [-0.15, -0.1) is 0 Å². The maximum Gasteiger partial charge on any atom is 0.256 e. The van der Waals surface area contributed by atoms with Gasteiger partial charge < -0.3 is 10.1 Å². The van der Waals surface area contributed by atoms with Crippen LogP contribution in [0.5, 0.6) is 5.75 Å². The number of amides is 1. The van der Waals surface area contributed by atoms with E-state index in [4.69, 9.17) is 16.3 Å². The van der Waals surface area contributed by atoms with Crippen molar-refractivity contribution in [2.75, 3.05) is 12.4 Å². The minimum atomic E-state index is -0.196. The molecule has 0 atom stereocenters. The van der Waals surface area contributed by atoms with Crippen molar-refractivity contribution in [1.82, 2.24) is 0 Å². The Bertz CT molecular complexity index is 658. The van der Waals surface area contributed by atoms with Crippen LogP contribution in [0.1, 0.15) is 15.9 Å². The molecule has 5 heteroatoms. The molecule has 1 N–H and O–H groups in total. The van der Waals surface area contributed by atoms with Crippen LogP contribution >= 0.6 is 27.5 Å². The molecule has 2 rings (SSSR count). The second-order valence-electron chi connectivity index (χ2n) is 4.26. The van der Waals surface area contributed by atoms with Crippen LogP contribution < -0.4 is 10.1 Å². The molecule has 0 aliphatic heterocycles. The quantitative estimate of drug-likeness (QED) is 0.869. The zero-order valence-electron chi connectivity index (χ0n) is 11.0. The molecule has 0 aromatic heterocycles. The number of hydrogen-bond acceptors (Lipinski definition) is 2. The number of aryl methyl sites for hydroxylation is 1. The zero-order valence-corrected chi connectivity index (χ0v) is 13.4. The van der Waals surface area contributed by atoms with Crippen LogP contribution in [-0.2, 0) is 0 Å².